The van der Waals surface area contributed by atoms with E-state index in [1.54, 1.807) is 7.05 Å². The van der Waals surface area contributed by atoms with Crippen molar-refractivity contribution >= 4 is 23.8 Å². The van der Waals surface area contributed by atoms with Gasteiger partial charge in [0.15, 0.2) is 0 Å². The largest absolute Gasteiger partial charge is 0.352 e. The first-order valence-electron chi connectivity index (χ1n) is 11.1. The molecule has 1 heterocycles. The number of urea groups is 1. The second-order valence-electron chi connectivity index (χ2n) is 8.92. The molecule has 2 N–H and O–H groups in total. The molecule has 4 rings (SSSR count). The number of hydrogen-bond acceptors (Lipinski definition) is 4. The van der Waals surface area contributed by atoms with Crippen molar-refractivity contribution in [1.82, 2.24) is 20.4 Å². The summed E-state index contributed by atoms with van der Waals surface area (Å²) < 4.78 is 0. The summed E-state index contributed by atoms with van der Waals surface area (Å²) in [6.45, 7) is -0.369. The summed E-state index contributed by atoms with van der Waals surface area (Å²) in [6.07, 6.45) is 6.34. The zero-order valence-electron chi connectivity index (χ0n) is 17.9. The highest BCUT2D eigenvalue weighted by Crippen LogP contribution is 2.39. The third-order valence-electron chi connectivity index (χ3n) is 6.64. The maximum atomic E-state index is 13.1. The van der Waals surface area contributed by atoms with Crippen LogP contribution in [0.2, 0.25) is 0 Å². The van der Waals surface area contributed by atoms with Crippen LogP contribution >= 0.6 is 0 Å². The third kappa shape index (κ3) is 4.43. The monoisotopic (exact) mass is 426 g/mol. The van der Waals surface area contributed by atoms with Crippen LogP contribution in [0.25, 0.3) is 0 Å². The van der Waals surface area contributed by atoms with E-state index in [1.165, 1.54) is 4.90 Å². The van der Waals surface area contributed by atoms with E-state index in [0.29, 0.717) is 19.3 Å². The molecule has 3 fully saturated rings. The predicted octanol–water partition coefficient (Wildman–Crippen LogP) is 1.59. The predicted molar refractivity (Wildman–Crippen MR) is 114 cm³/mol. The van der Waals surface area contributed by atoms with Gasteiger partial charge in [0.05, 0.1) is 0 Å². The first-order valence-corrected chi connectivity index (χ1v) is 11.1. The highest BCUT2D eigenvalue weighted by atomic mass is 16.2. The molecule has 0 aromatic heterocycles. The standard InChI is InChI=1S/C23H30N4O4/c1-26-22(31)27(21(30)23(26)12-6-3-7-13-23)15-19(28)25-18(20(29)24-17-10-11-17)14-16-8-4-2-5-9-16/h2,4-5,8-9,17-18H,3,6-7,10-15H2,1H3,(H,24,29)(H,25,28). The van der Waals surface area contributed by atoms with Gasteiger partial charge in [0.1, 0.15) is 18.1 Å². The number of benzene rings is 1. The van der Waals surface area contributed by atoms with Crippen molar-refractivity contribution in [3.8, 4) is 0 Å². The molecule has 8 nitrogen and oxygen atoms in total. The van der Waals surface area contributed by atoms with Gasteiger partial charge in [0, 0.05) is 19.5 Å². The fourth-order valence-corrected chi connectivity index (χ4v) is 4.64. The van der Waals surface area contributed by atoms with Crippen LogP contribution in [0.1, 0.15) is 50.5 Å². The van der Waals surface area contributed by atoms with Crippen molar-refractivity contribution in [3.63, 3.8) is 0 Å². The van der Waals surface area contributed by atoms with Gasteiger partial charge in [0.2, 0.25) is 11.8 Å². The Bertz CT molecular complexity index is 862. The van der Waals surface area contributed by atoms with E-state index in [1.807, 2.05) is 30.3 Å². The molecule has 1 spiro atoms. The van der Waals surface area contributed by atoms with Crippen LogP contribution in [0.3, 0.4) is 0 Å². The molecule has 1 aliphatic heterocycles. The Morgan fingerprint density at radius 3 is 2.42 bits per heavy atom. The van der Waals surface area contributed by atoms with E-state index in [9.17, 15) is 19.2 Å². The van der Waals surface area contributed by atoms with Gasteiger partial charge in [-0.15, -0.1) is 0 Å². The third-order valence-corrected chi connectivity index (χ3v) is 6.64. The Kier molecular flexibility index (Phi) is 5.98. The summed E-state index contributed by atoms with van der Waals surface area (Å²) in [5.41, 5.74) is 0.107. The molecule has 0 bridgehead atoms. The van der Waals surface area contributed by atoms with E-state index >= 15 is 0 Å². The Morgan fingerprint density at radius 1 is 1.10 bits per heavy atom. The van der Waals surface area contributed by atoms with Gasteiger partial charge in [-0.25, -0.2) is 4.79 Å². The number of nitrogens with one attached hydrogen (secondary N) is 2. The summed E-state index contributed by atoms with van der Waals surface area (Å²) in [4.78, 5) is 53.9. The topological polar surface area (TPSA) is 98.8 Å². The minimum Gasteiger partial charge on any atom is -0.352 e. The molecule has 2 aliphatic carbocycles. The summed E-state index contributed by atoms with van der Waals surface area (Å²) in [5, 5.41) is 5.69. The molecule has 1 aromatic rings. The van der Waals surface area contributed by atoms with Gasteiger partial charge < -0.3 is 15.5 Å². The van der Waals surface area contributed by atoms with Crippen LogP contribution in [-0.4, -0.2) is 64.8 Å². The SMILES string of the molecule is CN1C(=O)N(CC(=O)NC(Cc2ccccc2)C(=O)NC2CC2)C(=O)C12CCCCC2. The minimum absolute atomic E-state index is 0.171. The van der Waals surface area contributed by atoms with E-state index in [0.717, 1.165) is 42.6 Å². The second-order valence-corrected chi connectivity index (χ2v) is 8.92. The summed E-state index contributed by atoms with van der Waals surface area (Å²) in [7, 11) is 1.64. The number of nitrogens with zero attached hydrogens (tertiary/aromatic N) is 2. The van der Waals surface area contributed by atoms with Gasteiger partial charge >= 0.3 is 6.03 Å². The first kappa shape index (κ1) is 21.3. The smallest absolute Gasteiger partial charge is 0.327 e. The molecular weight excluding hydrogens is 396 g/mol. The molecule has 166 valence electrons. The number of likely N-dealkylation sites (N-methyl/N-ethyl adjacent to an activating group) is 1. The van der Waals surface area contributed by atoms with Crippen LogP contribution in [-0.2, 0) is 20.8 Å². The average Bonchev–Trinajstić information content (AvgIpc) is 3.58. The van der Waals surface area contributed by atoms with Gasteiger partial charge in [-0.2, -0.15) is 0 Å². The fourth-order valence-electron chi connectivity index (χ4n) is 4.64. The lowest BCUT2D eigenvalue weighted by Crippen LogP contribution is -2.52. The molecule has 1 atom stereocenters. The Morgan fingerprint density at radius 2 is 1.77 bits per heavy atom. The number of amides is 5. The van der Waals surface area contributed by atoms with E-state index in [4.69, 9.17) is 0 Å². The van der Waals surface area contributed by atoms with Crippen molar-refractivity contribution in [1.29, 1.82) is 0 Å². The molecule has 8 heteroatoms. The normalized spacial score (nSPS) is 21.3. The zero-order valence-corrected chi connectivity index (χ0v) is 17.9. The molecule has 1 aromatic carbocycles. The summed E-state index contributed by atoms with van der Waals surface area (Å²) in [5.74, 6) is -1.04. The van der Waals surface area contributed by atoms with Crippen molar-refractivity contribution < 1.29 is 19.2 Å². The Balaban J connectivity index is 1.43. The number of carbonyl (C=O) groups is 4. The molecule has 1 saturated heterocycles. The van der Waals surface area contributed by atoms with Gasteiger partial charge in [0.25, 0.3) is 5.91 Å². The fraction of sp³-hybridized carbons (Fsp3) is 0.565. The van der Waals surface area contributed by atoms with Crippen molar-refractivity contribution in [3.05, 3.63) is 35.9 Å². The lowest BCUT2D eigenvalue weighted by molar-refractivity contribution is -0.137. The van der Waals surface area contributed by atoms with E-state index in [-0.39, 0.29) is 24.4 Å². The molecule has 1 unspecified atom stereocenters. The highest BCUT2D eigenvalue weighted by molar-refractivity contribution is 6.09. The van der Waals surface area contributed by atoms with Crippen molar-refractivity contribution in [2.45, 2.75) is 69.0 Å². The number of imide groups is 1. The number of carbonyl (C=O) groups excluding carboxylic acids is 4. The second kappa shape index (κ2) is 8.69. The maximum absolute atomic E-state index is 13.1. The van der Waals surface area contributed by atoms with E-state index in [2.05, 4.69) is 10.6 Å². The average molecular weight is 427 g/mol. The highest BCUT2D eigenvalue weighted by Gasteiger charge is 2.55. The van der Waals surface area contributed by atoms with Crippen molar-refractivity contribution in [2.24, 2.45) is 0 Å². The van der Waals surface area contributed by atoms with Crippen LogP contribution in [0.5, 0.6) is 0 Å². The molecule has 3 aliphatic rings. The zero-order chi connectivity index (χ0) is 22.0. The molecule has 0 radical (unpaired) electrons. The first-order chi connectivity index (χ1) is 14.9. The quantitative estimate of drug-likeness (QED) is 0.647. The van der Waals surface area contributed by atoms with Gasteiger partial charge in [-0.3, -0.25) is 19.3 Å². The van der Waals surface area contributed by atoms with Gasteiger partial charge in [-0.05, 0) is 31.2 Å². The van der Waals surface area contributed by atoms with Gasteiger partial charge in [-0.1, -0.05) is 49.6 Å². The molecular formula is C23H30N4O4. The Hall–Kier alpha value is -2.90. The van der Waals surface area contributed by atoms with E-state index < -0.39 is 23.5 Å². The molecule has 5 amide bonds. The minimum atomic E-state index is -0.817. The molecule has 31 heavy (non-hydrogen) atoms. The summed E-state index contributed by atoms with van der Waals surface area (Å²) >= 11 is 0. The van der Waals surface area contributed by atoms with Crippen molar-refractivity contribution in [2.75, 3.05) is 13.6 Å². The van der Waals surface area contributed by atoms with Crippen LogP contribution in [0.4, 0.5) is 4.79 Å². The maximum Gasteiger partial charge on any atom is 0.327 e. The lowest BCUT2D eigenvalue weighted by Gasteiger charge is -2.35. The number of hydrogen-bond donors (Lipinski definition) is 2. The van der Waals surface area contributed by atoms with Crippen LogP contribution in [0.15, 0.2) is 30.3 Å². The van der Waals surface area contributed by atoms with Crippen LogP contribution in [0, 0.1) is 0 Å². The lowest BCUT2D eigenvalue weighted by atomic mass is 9.81. The van der Waals surface area contributed by atoms with Crippen LogP contribution < -0.4 is 10.6 Å². The Labute approximate surface area is 182 Å². The number of rotatable bonds is 7. The summed E-state index contributed by atoms with van der Waals surface area (Å²) in [6, 6.07) is 8.43. The molecule has 2 saturated carbocycles.